The molecule has 6 nitrogen and oxygen atoms in total. The SMILES string of the molecule is CCC(C)(O)CCc1cc2ncn(-c3ccc(OC4C[C@H]5CC[C@@H](C4)N5C)c(C)c3)c(=O)c2s1. The van der Waals surface area contributed by atoms with Crippen LogP contribution in [0.1, 0.15) is 62.8 Å². The molecule has 2 aliphatic rings. The quantitative estimate of drug-likeness (QED) is 0.522. The highest BCUT2D eigenvalue weighted by Crippen LogP contribution is 2.36. The molecule has 0 amide bonds. The predicted octanol–water partition coefficient (Wildman–Crippen LogP) is 4.85. The summed E-state index contributed by atoms with van der Waals surface area (Å²) in [6.45, 7) is 5.89. The van der Waals surface area contributed by atoms with Crippen LogP contribution in [0.2, 0.25) is 0 Å². The Morgan fingerprint density at radius 3 is 2.65 bits per heavy atom. The Balaban J connectivity index is 1.34. The molecule has 2 aliphatic heterocycles. The number of aryl methyl sites for hydroxylation is 2. The van der Waals surface area contributed by atoms with Crippen LogP contribution < -0.4 is 10.3 Å². The predicted molar refractivity (Wildman–Crippen MR) is 137 cm³/mol. The molecule has 2 saturated heterocycles. The van der Waals surface area contributed by atoms with E-state index in [0.717, 1.165) is 46.7 Å². The summed E-state index contributed by atoms with van der Waals surface area (Å²) >= 11 is 1.49. The number of hydrogen-bond donors (Lipinski definition) is 1. The fraction of sp³-hybridized carbons (Fsp3) is 0.556. The standard InChI is InChI=1S/C27H35N3O3S/c1-5-27(3,32)11-10-22-15-23-25(34-22)26(31)30(16-28-23)20-8-9-24(17(2)12-20)33-21-13-18-6-7-19(14-21)29(18)4/h8-9,12,15-16,18-19,21,32H,5-7,10-11,13-14H2,1-4H3/t18-,19+,21?,27?. The summed E-state index contributed by atoms with van der Waals surface area (Å²) in [5, 5.41) is 10.3. The third kappa shape index (κ3) is 4.53. The lowest BCUT2D eigenvalue weighted by molar-refractivity contribution is 0.0475. The van der Waals surface area contributed by atoms with Crippen molar-refractivity contribution in [3.8, 4) is 11.4 Å². The summed E-state index contributed by atoms with van der Waals surface area (Å²) in [6, 6.07) is 9.23. The van der Waals surface area contributed by atoms with E-state index in [-0.39, 0.29) is 11.7 Å². The second-order valence-corrected chi connectivity index (χ2v) is 11.5. The van der Waals surface area contributed by atoms with Crippen LogP contribution in [0.3, 0.4) is 0 Å². The van der Waals surface area contributed by atoms with E-state index in [9.17, 15) is 9.90 Å². The van der Waals surface area contributed by atoms with E-state index >= 15 is 0 Å². The monoisotopic (exact) mass is 481 g/mol. The van der Waals surface area contributed by atoms with E-state index < -0.39 is 5.60 Å². The van der Waals surface area contributed by atoms with Gasteiger partial charge >= 0.3 is 0 Å². The van der Waals surface area contributed by atoms with E-state index in [0.29, 0.717) is 29.6 Å². The first-order valence-electron chi connectivity index (χ1n) is 12.5. The first-order chi connectivity index (χ1) is 16.2. The van der Waals surface area contributed by atoms with Gasteiger partial charge < -0.3 is 14.7 Å². The van der Waals surface area contributed by atoms with Gasteiger partial charge in [-0.25, -0.2) is 4.98 Å². The van der Waals surface area contributed by atoms with Crippen molar-refractivity contribution >= 4 is 21.6 Å². The van der Waals surface area contributed by atoms with Crippen LogP contribution in [-0.4, -0.2) is 50.4 Å². The molecule has 4 atom stereocenters. The van der Waals surface area contributed by atoms with Crippen LogP contribution in [-0.2, 0) is 6.42 Å². The highest BCUT2D eigenvalue weighted by atomic mass is 32.1. The Morgan fingerprint density at radius 1 is 1.24 bits per heavy atom. The molecule has 1 N–H and O–H groups in total. The van der Waals surface area contributed by atoms with Crippen LogP contribution in [0.15, 0.2) is 35.4 Å². The van der Waals surface area contributed by atoms with Crippen molar-refractivity contribution in [3.63, 3.8) is 0 Å². The number of aliphatic hydroxyl groups is 1. The third-order valence-corrected chi connectivity index (χ3v) is 9.12. The number of rotatable bonds is 7. The summed E-state index contributed by atoms with van der Waals surface area (Å²) < 4.78 is 8.71. The average molecular weight is 482 g/mol. The Bertz CT molecular complexity index is 1230. The maximum Gasteiger partial charge on any atom is 0.275 e. The fourth-order valence-corrected chi connectivity index (χ4v) is 6.43. The van der Waals surface area contributed by atoms with Gasteiger partial charge in [-0.1, -0.05) is 6.92 Å². The molecule has 34 heavy (non-hydrogen) atoms. The van der Waals surface area contributed by atoms with Gasteiger partial charge in [0.25, 0.3) is 5.56 Å². The van der Waals surface area contributed by atoms with Crippen molar-refractivity contribution in [2.24, 2.45) is 0 Å². The summed E-state index contributed by atoms with van der Waals surface area (Å²) in [5.41, 5.74) is 1.83. The van der Waals surface area contributed by atoms with Crippen LogP contribution in [0.5, 0.6) is 5.75 Å². The second kappa shape index (κ2) is 9.10. The minimum absolute atomic E-state index is 0.0523. The van der Waals surface area contributed by atoms with E-state index in [1.54, 1.807) is 10.9 Å². The lowest BCUT2D eigenvalue weighted by Gasteiger charge is -2.36. The van der Waals surface area contributed by atoms with Crippen molar-refractivity contribution < 1.29 is 9.84 Å². The Morgan fingerprint density at radius 2 is 1.97 bits per heavy atom. The number of piperidine rings is 1. The molecule has 0 spiro atoms. The smallest absolute Gasteiger partial charge is 0.275 e. The van der Waals surface area contributed by atoms with Gasteiger partial charge in [0, 0.05) is 17.0 Å². The summed E-state index contributed by atoms with van der Waals surface area (Å²) in [4.78, 5) is 21.4. The third-order valence-electron chi connectivity index (χ3n) is 7.95. The molecule has 7 heteroatoms. The first kappa shape index (κ1) is 23.5. The molecule has 0 saturated carbocycles. The summed E-state index contributed by atoms with van der Waals surface area (Å²) in [5.74, 6) is 0.904. The molecule has 182 valence electrons. The lowest BCUT2D eigenvalue weighted by atomic mass is 9.97. The molecule has 1 aromatic carbocycles. The van der Waals surface area contributed by atoms with Gasteiger partial charge in [-0.05, 0) is 95.7 Å². The van der Waals surface area contributed by atoms with Gasteiger partial charge in [-0.3, -0.25) is 9.36 Å². The molecule has 2 aromatic heterocycles. The van der Waals surface area contributed by atoms with Gasteiger partial charge in [0.1, 0.15) is 22.9 Å². The van der Waals surface area contributed by atoms with E-state index in [1.165, 1.54) is 24.2 Å². The Labute approximate surface area is 205 Å². The highest BCUT2D eigenvalue weighted by Gasteiger charge is 2.39. The van der Waals surface area contributed by atoms with Crippen LogP contribution in [0.4, 0.5) is 0 Å². The molecule has 0 radical (unpaired) electrons. The summed E-state index contributed by atoms with van der Waals surface area (Å²) in [6.07, 6.45) is 8.73. The molecular formula is C27H35N3O3S. The highest BCUT2D eigenvalue weighted by molar-refractivity contribution is 7.18. The minimum Gasteiger partial charge on any atom is -0.490 e. The summed E-state index contributed by atoms with van der Waals surface area (Å²) in [7, 11) is 2.24. The number of thiophene rings is 1. The largest absolute Gasteiger partial charge is 0.490 e. The fourth-order valence-electron chi connectivity index (χ4n) is 5.39. The van der Waals surface area contributed by atoms with Crippen molar-refractivity contribution in [1.82, 2.24) is 14.5 Å². The Kier molecular flexibility index (Phi) is 6.29. The molecular weight excluding hydrogens is 446 g/mol. The molecule has 2 unspecified atom stereocenters. The molecule has 3 aromatic rings. The molecule has 2 fully saturated rings. The van der Waals surface area contributed by atoms with Crippen LogP contribution in [0.25, 0.3) is 15.9 Å². The zero-order valence-electron chi connectivity index (χ0n) is 20.6. The normalized spacial score (nSPS) is 24.4. The van der Waals surface area contributed by atoms with Gasteiger partial charge in [0.2, 0.25) is 0 Å². The Hall–Kier alpha value is -2.22. The minimum atomic E-state index is -0.682. The molecule has 5 rings (SSSR count). The number of benzene rings is 1. The second-order valence-electron chi connectivity index (χ2n) is 10.4. The first-order valence-corrected chi connectivity index (χ1v) is 13.3. The van der Waals surface area contributed by atoms with Crippen LogP contribution in [0, 0.1) is 6.92 Å². The average Bonchev–Trinajstić information content (AvgIpc) is 3.31. The van der Waals surface area contributed by atoms with E-state index in [4.69, 9.17) is 4.74 Å². The number of ether oxygens (including phenoxy) is 1. The maximum atomic E-state index is 13.3. The van der Waals surface area contributed by atoms with Gasteiger partial charge in [-0.15, -0.1) is 11.3 Å². The van der Waals surface area contributed by atoms with E-state index in [1.807, 2.05) is 45.0 Å². The van der Waals surface area contributed by atoms with Crippen molar-refractivity contribution in [1.29, 1.82) is 0 Å². The van der Waals surface area contributed by atoms with E-state index in [2.05, 4.69) is 16.9 Å². The maximum absolute atomic E-state index is 13.3. The number of fused-ring (bicyclic) bond motifs is 3. The molecule has 0 aliphatic carbocycles. The lowest BCUT2D eigenvalue weighted by Crippen LogP contribution is -2.43. The number of hydrogen-bond acceptors (Lipinski definition) is 6. The molecule has 4 heterocycles. The van der Waals surface area contributed by atoms with Gasteiger partial charge in [-0.2, -0.15) is 0 Å². The topological polar surface area (TPSA) is 67.6 Å². The number of aromatic nitrogens is 2. The van der Waals surface area contributed by atoms with Gasteiger partial charge in [0.05, 0.1) is 16.8 Å². The zero-order valence-corrected chi connectivity index (χ0v) is 21.4. The van der Waals surface area contributed by atoms with Crippen molar-refractivity contribution in [2.45, 2.75) is 89.5 Å². The van der Waals surface area contributed by atoms with Crippen molar-refractivity contribution in [2.75, 3.05) is 7.05 Å². The van der Waals surface area contributed by atoms with Gasteiger partial charge in [0.15, 0.2) is 0 Å². The zero-order chi connectivity index (χ0) is 24.0. The number of nitrogens with zero attached hydrogens (tertiary/aromatic N) is 3. The van der Waals surface area contributed by atoms with Crippen LogP contribution >= 0.6 is 11.3 Å². The van der Waals surface area contributed by atoms with Crippen molar-refractivity contribution in [3.05, 3.63) is 51.4 Å². The molecule has 2 bridgehead atoms.